The Morgan fingerprint density at radius 1 is 1.08 bits per heavy atom. The van der Waals surface area contributed by atoms with Crippen molar-refractivity contribution in [3.8, 4) is 0 Å². The van der Waals surface area contributed by atoms with Crippen molar-refractivity contribution in [1.29, 1.82) is 0 Å². The second-order valence-electron chi connectivity index (χ2n) is 4.72. The molecule has 0 spiro atoms. The molecule has 2 aliphatic rings. The third kappa shape index (κ3) is 2.05. The normalized spacial score (nSPS) is 38.3. The van der Waals surface area contributed by atoms with Gasteiger partial charge in [0.2, 0.25) is 0 Å². The fraction of sp³-hybridized carbons (Fsp3) is 1.00. The van der Waals surface area contributed by atoms with Gasteiger partial charge < -0.3 is 5.11 Å². The summed E-state index contributed by atoms with van der Waals surface area (Å²) in [7, 11) is 0. The first-order valence-corrected chi connectivity index (χ1v) is 5.71. The van der Waals surface area contributed by atoms with Crippen molar-refractivity contribution in [2.45, 2.75) is 63.6 Å². The highest BCUT2D eigenvalue weighted by Gasteiger charge is 2.31. The van der Waals surface area contributed by atoms with Gasteiger partial charge in [-0.2, -0.15) is 0 Å². The number of hydrogen-bond donors (Lipinski definition) is 1. The molecular weight excluding hydrogens is 162 g/mol. The van der Waals surface area contributed by atoms with Crippen molar-refractivity contribution < 1.29 is 5.11 Å². The monoisotopic (exact) mass is 183 g/mol. The van der Waals surface area contributed by atoms with Gasteiger partial charge in [-0.3, -0.25) is 4.90 Å². The van der Waals surface area contributed by atoms with Gasteiger partial charge in [-0.15, -0.1) is 0 Å². The molecule has 0 radical (unpaired) electrons. The van der Waals surface area contributed by atoms with Crippen LogP contribution in [0.1, 0.15) is 45.4 Å². The minimum atomic E-state index is -0.0585. The first-order chi connectivity index (χ1) is 6.27. The summed E-state index contributed by atoms with van der Waals surface area (Å²) in [5, 5.41) is 9.62. The topological polar surface area (TPSA) is 23.5 Å². The summed E-state index contributed by atoms with van der Waals surface area (Å²) in [4.78, 5) is 2.54. The largest absolute Gasteiger partial charge is 0.392 e. The first kappa shape index (κ1) is 9.47. The van der Waals surface area contributed by atoms with Crippen molar-refractivity contribution in [1.82, 2.24) is 4.90 Å². The van der Waals surface area contributed by atoms with Gasteiger partial charge in [0.1, 0.15) is 0 Å². The molecule has 76 valence electrons. The molecule has 13 heavy (non-hydrogen) atoms. The Bertz CT molecular complexity index is 165. The van der Waals surface area contributed by atoms with Gasteiger partial charge in [0, 0.05) is 18.6 Å². The van der Waals surface area contributed by atoms with Crippen molar-refractivity contribution in [2.75, 3.05) is 6.54 Å². The maximum absolute atomic E-state index is 9.62. The molecule has 0 amide bonds. The van der Waals surface area contributed by atoms with Gasteiger partial charge in [-0.1, -0.05) is 12.8 Å². The highest BCUT2D eigenvalue weighted by atomic mass is 16.3. The Morgan fingerprint density at radius 2 is 1.77 bits per heavy atom. The van der Waals surface area contributed by atoms with E-state index < -0.39 is 0 Å². The van der Waals surface area contributed by atoms with Crippen molar-refractivity contribution in [2.24, 2.45) is 0 Å². The molecule has 1 heterocycles. The molecule has 2 nitrogen and oxygen atoms in total. The van der Waals surface area contributed by atoms with Crippen LogP contribution in [0.25, 0.3) is 0 Å². The number of aliphatic hydroxyl groups excluding tert-OH is 1. The summed E-state index contributed by atoms with van der Waals surface area (Å²) in [5.74, 6) is 0. The van der Waals surface area contributed by atoms with Crippen LogP contribution in [0.3, 0.4) is 0 Å². The lowest BCUT2D eigenvalue weighted by Crippen LogP contribution is -2.48. The van der Waals surface area contributed by atoms with Crippen LogP contribution in [0.15, 0.2) is 0 Å². The molecular formula is C11H21NO. The molecule has 0 unspecified atom stereocenters. The third-order valence-corrected chi connectivity index (χ3v) is 3.70. The van der Waals surface area contributed by atoms with Gasteiger partial charge in [-0.25, -0.2) is 0 Å². The summed E-state index contributed by atoms with van der Waals surface area (Å²) in [6.07, 6.45) is 7.63. The van der Waals surface area contributed by atoms with E-state index in [1.165, 1.54) is 32.1 Å². The zero-order valence-corrected chi connectivity index (χ0v) is 8.58. The average Bonchev–Trinajstić information content (AvgIpc) is 2.61. The van der Waals surface area contributed by atoms with E-state index in [1.54, 1.807) is 0 Å². The van der Waals surface area contributed by atoms with E-state index in [0.717, 1.165) is 19.0 Å². The number of piperidine rings is 1. The van der Waals surface area contributed by atoms with E-state index in [9.17, 15) is 5.11 Å². The molecule has 1 aliphatic carbocycles. The summed E-state index contributed by atoms with van der Waals surface area (Å²) < 4.78 is 0. The molecule has 1 aliphatic heterocycles. The van der Waals surface area contributed by atoms with Gasteiger partial charge in [0.05, 0.1) is 6.10 Å². The molecule has 1 saturated carbocycles. The van der Waals surface area contributed by atoms with Crippen molar-refractivity contribution in [3.63, 3.8) is 0 Å². The predicted octanol–water partition coefficient (Wildman–Crippen LogP) is 1.77. The summed E-state index contributed by atoms with van der Waals surface area (Å²) in [6, 6.07) is 1.48. The van der Waals surface area contributed by atoms with E-state index in [4.69, 9.17) is 0 Å². The quantitative estimate of drug-likeness (QED) is 0.670. The predicted molar refractivity (Wildman–Crippen MR) is 53.7 cm³/mol. The van der Waals surface area contributed by atoms with Gasteiger partial charge in [0.15, 0.2) is 0 Å². The zero-order chi connectivity index (χ0) is 9.26. The molecule has 2 fully saturated rings. The number of hydrogen-bond acceptors (Lipinski definition) is 2. The minimum Gasteiger partial charge on any atom is -0.392 e. The Balaban J connectivity index is 1.94. The summed E-state index contributed by atoms with van der Waals surface area (Å²) >= 11 is 0. The molecule has 2 rings (SSSR count). The molecule has 0 aromatic carbocycles. The molecule has 0 bridgehead atoms. The number of likely N-dealkylation sites (tertiary alicyclic amines) is 1. The van der Waals surface area contributed by atoms with Crippen LogP contribution in [0, 0.1) is 0 Å². The van der Waals surface area contributed by atoms with Crippen LogP contribution < -0.4 is 0 Å². The summed E-state index contributed by atoms with van der Waals surface area (Å²) in [5.41, 5.74) is 0. The zero-order valence-electron chi connectivity index (χ0n) is 8.58. The standard InChI is InChI=1S/C11H21NO/c1-9-6-7-11(13)8-12(9)10-4-2-3-5-10/h9-11,13H,2-8H2,1H3/t9-,11-/m1/s1. The highest BCUT2D eigenvalue weighted by Crippen LogP contribution is 2.29. The third-order valence-electron chi connectivity index (χ3n) is 3.70. The first-order valence-electron chi connectivity index (χ1n) is 5.71. The van der Waals surface area contributed by atoms with E-state index >= 15 is 0 Å². The van der Waals surface area contributed by atoms with Crippen LogP contribution in [0.2, 0.25) is 0 Å². The Morgan fingerprint density at radius 3 is 2.46 bits per heavy atom. The van der Waals surface area contributed by atoms with Crippen LogP contribution in [0.5, 0.6) is 0 Å². The lowest BCUT2D eigenvalue weighted by atomic mass is 9.98. The van der Waals surface area contributed by atoms with Gasteiger partial charge >= 0.3 is 0 Å². The van der Waals surface area contributed by atoms with Gasteiger partial charge in [-0.05, 0) is 32.6 Å². The lowest BCUT2D eigenvalue weighted by molar-refractivity contribution is 0.0163. The number of aliphatic hydroxyl groups is 1. The molecule has 1 saturated heterocycles. The number of β-amino-alcohol motifs (C(OH)–C–C–N with tert-alkyl or cyclic N) is 1. The van der Waals surface area contributed by atoms with E-state index in [1.807, 2.05) is 0 Å². The summed E-state index contributed by atoms with van der Waals surface area (Å²) in [6.45, 7) is 3.23. The average molecular weight is 183 g/mol. The number of rotatable bonds is 1. The maximum Gasteiger partial charge on any atom is 0.0667 e. The highest BCUT2D eigenvalue weighted by molar-refractivity contribution is 4.86. The fourth-order valence-corrected chi connectivity index (χ4v) is 2.86. The van der Waals surface area contributed by atoms with E-state index in [-0.39, 0.29) is 6.10 Å². The number of nitrogens with zero attached hydrogens (tertiary/aromatic N) is 1. The van der Waals surface area contributed by atoms with Crippen LogP contribution in [-0.4, -0.2) is 34.7 Å². The smallest absolute Gasteiger partial charge is 0.0667 e. The molecule has 0 aromatic rings. The molecule has 2 atom stereocenters. The second kappa shape index (κ2) is 3.97. The Kier molecular flexibility index (Phi) is 2.89. The van der Waals surface area contributed by atoms with Crippen molar-refractivity contribution in [3.05, 3.63) is 0 Å². The van der Waals surface area contributed by atoms with Crippen LogP contribution in [0.4, 0.5) is 0 Å². The SMILES string of the molecule is C[C@@H]1CC[C@@H](O)CN1C1CCCC1. The maximum atomic E-state index is 9.62. The van der Waals surface area contributed by atoms with E-state index in [2.05, 4.69) is 11.8 Å². The van der Waals surface area contributed by atoms with E-state index in [0.29, 0.717) is 6.04 Å². The fourth-order valence-electron chi connectivity index (χ4n) is 2.86. The Labute approximate surface area is 80.9 Å². The van der Waals surface area contributed by atoms with Crippen LogP contribution >= 0.6 is 0 Å². The van der Waals surface area contributed by atoms with Crippen LogP contribution in [-0.2, 0) is 0 Å². The molecule has 2 heteroatoms. The molecule has 0 aromatic heterocycles. The minimum absolute atomic E-state index is 0.0585. The van der Waals surface area contributed by atoms with Crippen molar-refractivity contribution >= 4 is 0 Å². The molecule has 1 N–H and O–H groups in total. The Hall–Kier alpha value is -0.0800. The second-order valence-corrected chi connectivity index (χ2v) is 4.72. The van der Waals surface area contributed by atoms with Gasteiger partial charge in [0.25, 0.3) is 0 Å². The lowest BCUT2D eigenvalue weighted by Gasteiger charge is -2.40.